The van der Waals surface area contributed by atoms with E-state index in [4.69, 9.17) is 10.5 Å². The number of nitrogens with two attached hydrogens (primary N) is 1. The smallest absolute Gasteiger partial charge is 0.417 e. The van der Waals surface area contributed by atoms with Crippen molar-refractivity contribution in [1.29, 1.82) is 0 Å². The molecule has 0 fully saturated rings. The fourth-order valence-electron chi connectivity index (χ4n) is 3.30. The van der Waals surface area contributed by atoms with Crippen LogP contribution in [0.5, 0.6) is 0 Å². The van der Waals surface area contributed by atoms with Gasteiger partial charge in [0.1, 0.15) is 5.60 Å². The van der Waals surface area contributed by atoms with Gasteiger partial charge in [-0.2, -0.15) is 0 Å². The number of amides is 2. The number of aromatic nitrogens is 3. The van der Waals surface area contributed by atoms with Crippen molar-refractivity contribution in [3.8, 4) is 11.4 Å². The predicted molar refractivity (Wildman–Crippen MR) is 106 cm³/mol. The average molecular weight is 385 g/mol. The first kappa shape index (κ1) is 19.9. The minimum absolute atomic E-state index is 0.181. The number of nitrogen functional groups attached to an aromatic ring is 1. The Bertz CT molecular complexity index is 898. The van der Waals surface area contributed by atoms with E-state index in [0.717, 1.165) is 30.8 Å². The molecule has 8 nitrogen and oxygen atoms in total. The fourth-order valence-corrected chi connectivity index (χ4v) is 3.30. The van der Waals surface area contributed by atoms with Gasteiger partial charge in [0, 0.05) is 31.4 Å². The van der Waals surface area contributed by atoms with Gasteiger partial charge in [-0.05, 0) is 39.3 Å². The third-order valence-electron chi connectivity index (χ3n) is 4.54. The molecular weight excluding hydrogens is 358 g/mol. The normalized spacial score (nSPS) is 14.1. The first-order valence-electron chi connectivity index (χ1n) is 9.57. The summed E-state index contributed by atoms with van der Waals surface area (Å²) in [6.07, 6.45) is 3.56. The lowest BCUT2D eigenvalue weighted by Gasteiger charge is -2.29. The summed E-state index contributed by atoms with van der Waals surface area (Å²) in [4.78, 5) is 34.9. The third-order valence-corrected chi connectivity index (χ3v) is 4.54. The summed E-state index contributed by atoms with van der Waals surface area (Å²) in [5, 5.41) is 0. The first-order chi connectivity index (χ1) is 13.2. The van der Waals surface area contributed by atoms with E-state index >= 15 is 0 Å². The predicted octanol–water partition coefficient (Wildman–Crippen LogP) is 3.26. The van der Waals surface area contributed by atoms with Gasteiger partial charge in [0.15, 0.2) is 0 Å². The molecule has 0 saturated carbocycles. The van der Waals surface area contributed by atoms with Crippen LogP contribution in [0.25, 0.3) is 11.4 Å². The van der Waals surface area contributed by atoms with Crippen molar-refractivity contribution in [2.75, 3.05) is 12.3 Å². The van der Waals surface area contributed by atoms with Gasteiger partial charge < -0.3 is 15.0 Å². The average Bonchev–Trinajstić information content (AvgIpc) is 2.98. The summed E-state index contributed by atoms with van der Waals surface area (Å²) >= 11 is 0. The molecule has 3 rings (SSSR count). The van der Waals surface area contributed by atoms with Crippen LogP contribution in [0.15, 0.2) is 18.3 Å². The molecule has 0 radical (unpaired) electrons. The Morgan fingerprint density at radius 3 is 2.75 bits per heavy atom. The second-order valence-corrected chi connectivity index (χ2v) is 7.88. The minimum atomic E-state index is -0.658. The molecular formula is C20H27N5O3. The standard InChI is InChI=1S/C20H27N5O3/c1-5-6-10-24-15-8-11-25(19(27)28-20(2,3)4)17(26)13(15)12-16(24)14-7-9-22-18(21)23-14/h7,9,12H,5-6,8,10-11H2,1-4H3,(H2,21,22,23). The van der Waals surface area contributed by atoms with Gasteiger partial charge >= 0.3 is 6.09 Å². The molecule has 0 bridgehead atoms. The lowest BCUT2D eigenvalue weighted by molar-refractivity contribution is 0.0232. The zero-order valence-electron chi connectivity index (χ0n) is 16.9. The van der Waals surface area contributed by atoms with Crippen molar-refractivity contribution < 1.29 is 14.3 Å². The SMILES string of the molecule is CCCCn1c(-c2ccnc(N)n2)cc2c1CCN(C(=O)OC(C)(C)C)C2=O. The molecule has 0 spiro atoms. The number of anilines is 1. The van der Waals surface area contributed by atoms with E-state index in [0.29, 0.717) is 24.2 Å². The van der Waals surface area contributed by atoms with Gasteiger partial charge in [-0.1, -0.05) is 13.3 Å². The molecule has 150 valence electrons. The summed E-state index contributed by atoms with van der Waals surface area (Å²) in [5.74, 6) is -0.158. The van der Waals surface area contributed by atoms with Gasteiger partial charge in [0.2, 0.25) is 5.95 Å². The van der Waals surface area contributed by atoms with Crippen LogP contribution in [0.1, 0.15) is 56.6 Å². The molecule has 2 aromatic heterocycles. The van der Waals surface area contributed by atoms with Crippen LogP contribution in [-0.4, -0.2) is 43.6 Å². The number of hydrogen-bond acceptors (Lipinski definition) is 6. The monoisotopic (exact) mass is 385 g/mol. The molecule has 28 heavy (non-hydrogen) atoms. The second-order valence-electron chi connectivity index (χ2n) is 7.88. The van der Waals surface area contributed by atoms with Crippen molar-refractivity contribution in [3.05, 3.63) is 29.6 Å². The Hall–Kier alpha value is -2.90. The Labute approximate surface area is 164 Å². The van der Waals surface area contributed by atoms with Gasteiger partial charge in [-0.3, -0.25) is 4.79 Å². The zero-order valence-corrected chi connectivity index (χ0v) is 16.9. The first-order valence-corrected chi connectivity index (χ1v) is 9.57. The molecule has 1 aliphatic rings. The molecule has 0 aromatic carbocycles. The van der Waals surface area contributed by atoms with Gasteiger partial charge in [0.25, 0.3) is 5.91 Å². The molecule has 0 saturated heterocycles. The summed E-state index contributed by atoms with van der Waals surface area (Å²) < 4.78 is 7.50. The van der Waals surface area contributed by atoms with Crippen LogP contribution in [0.3, 0.4) is 0 Å². The number of ether oxygens (including phenoxy) is 1. The molecule has 0 atom stereocenters. The fraction of sp³-hybridized carbons (Fsp3) is 0.500. The lowest BCUT2D eigenvalue weighted by Crippen LogP contribution is -2.44. The molecule has 3 heterocycles. The lowest BCUT2D eigenvalue weighted by atomic mass is 10.1. The summed E-state index contributed by atoms with van der Waals surface area (Å²) in [7, 11) is 0. The van der Waals surface area contributed by atoms with Crippen molar-refractivity contribution in [3.63, 3.8) is 0 Å². The third kappa shape index (κ3) is 4.00. The number of fused-ring (bicyclic) bond motifs is 1. The number of carbonyl (C=O) groups is 2. The van der Waals surface area contributed by atoms with E-state index in [2.05, 4.69) is 21.5 Å². The highest BCUT2D eigenvalue weighted by molar-refractivity contribution is 6.05. The number of rotatable bonds is 4. The highest BCUT2D eigenvalue weighted by Gasteiger charge is 2.35. The molecule has 1 aliphatic heterocycles. The summed E-state index contributed by atoms with van der Waals surface area (Å²) in [6, 6.07) is 3.57. The van der Waals surface area contributed by atoms with E-state index in [1.165, 1.54) is 4.90 Å². The van der Waals surface area contributed by atoms with E-state index < -0.39 is 11.7 Å². The van der Waals surface area contributed by atoms with Gasteiger partial charge in [-0.15, -0.1) is 0 Å². The van der Waals surface area contributed by atoms with E-state index in [-0.39, 0.29) is 11.9 Å². The zero-order chi connectivity index (χ0) is 20.5. The Morgan fingerprint density at radius 1 is 1.36 bits per heavy atom. The van der Waals surface area contributed by atoms with E-state index in [1.54, 1.807) is 39.1 Å². The number of nitrogens with zero attached hydrogens (tertiary/aromatic N) is 4. The van der Waals surface area contributed by atoms with Crippen LogP contribution in [-0.2, 0) is 17.7 Å². The maximum absolute atomic E-state index is 13.0. The van der Waals surface area contributed by atoms with E-state index in [9.17, 15) is 9.59 Å². The molecule has 8 heteroatoms. The largest absolute Gasteiger partial charge is 0.443 e. The van der Waals surface area contributed by atoms with Crippen LogP contribution in [0.4, 0.5) is 10.7 Å². The number of hydrogen-bond donors (Lipinski definition) is 1. The highest BCUT2D eigenvalue weighted by atomic mass is 16.6. The summed E-state index contributed by atoms with van der Waals surface area (Å²) in [5.41, 5.74) is 8.00. The van der Waals surface area contributed by atoms with Crippen LogP contribution >= 0.6 is 0 Å². The maximum Gasteiger partial charge on any atom is 0.417 e. The van der Waals surface area contributed by atoms with Crippen LogP contribution in [0.2, 0.25) is 0 Å². The van der Waals surface area contributed by atoms with Crippen LogP contribution < -0.4 is 5.73 Å². The van der Waals surface area contributed by atoms with E-state index in [1.807, 2.05) is 0 Å². The number of imide groups is 1. The Balaban J connectivity index is 2.00. The van der Waals surface area contributed by atoms with Gasteiger partial charge in [-0.25, -0.2) is 19.7 Å². The molecule has 2 N–H and O–H groups in total. The van der Waals surface area contributed by atoms with Crippen molar-refractivity contribution >= 4 is 17.9 Å². The van der Waals surface area contributed by atoms with Crippen molar-refractivity contribution in [1.82, 2.24) is 19.4 Å². The molecule has 2 aromatic rings. The highest BCUT2D eigenvalue weighted by Crippen LogP contribution is 2.30. The van der Waals surface area contributed by atoms with Crippen molar-refractivity contribution in [2.45, 2.75) is 59.1 Å². The molecule has 2 amide bonds. The quantitative estimate of drug-likeness (QED) is 0.866. The number of carbonyl (C=O) groups excluding carboxylic acids is 2. The van der Waals surface area contributed by atoms with Crippen molar-refractivity contribution in [2.24, 2.45) is 0 Å². The topological polar surface area (TPSA) is 103 Å². The molecule has 0 unspecified atom stereocenters. The Morgan fingerprint density at radius 2 is 2.11 bits per heavy atom. The van der Waals surface area contributed by atoms with Gasteiger partial charge in [0.05, 0.1) is 17.0 Å². The molecule has 0 aliphatic carbocycles. The summed E-state index contributed by atoms with van der Waals surface area (Å²) in [6.45, 7) is 8.53. The van der Waals surface area contributed by atoms with Crippen LogP contribution in [0, 0.1) is 0 Å². The minimum Gasteiger partial charge on any atom is -0.443 e. The Kier molecular flexibility index (Phi) is 5.40. The second kappa shape index (κ2) is 7.61. The maximum atomic E-state index is 13.0. The number of unbranched alkanes of at least 4 members (excludes halogenated alkanes) is 1.